The molecule has 5 rings (SSSR count). The summed E-state index contributed by atoms with van der Waals surface area (Å²) in [5, 5.41) is 4.23. The average Bonchev–Trinajstić information content (AvgIpc) is 2.92. The van der Waals surface area contributed by atoms with Crippen molar-refractivity contribution in [1.29, 1.82) is 0 Å². The van der Waals surface area contributed by atoms with Crippen LogP contribution in [0.25, 0.3) is 10.9 Å². The van der Waals surface area contributed by atoms with Crippen molar-refractivity contribution in [3.05, 3.63) is 107 Å². The summed E-state index contributed by atoms with van der Waals surface area (Å²) in [6.07, 6.45) is 0.839. The summed E-state index contributed by atoms with van der Waals surface area (Å²) in [6.45, 7) is 8.11. The van der Waals surface area contributed by atoms with Crippen LogP contribution in [0.1, 0.15) is 35.3 Å². The van der Waals surface area contributed by atoms with E-state index in [-0.39, 0.29) is 11.9 Å². The molecule has 0 radical (unpaired) electrons. The van der Waals surface area contributed by atoms with E-state index < -0.39 is 0 Å². The number of para-hydroxylation sites is 1. The van der Waals surface area contributed by atoms with Crippen LogP contribution in [0.4, 0.5) is 5.69 Å². The molecular formula is C31H34N4O. The molecule has 5 heteroatoms. The molecule has 0 bridgehead atoms. The number of anilines is 1. The summed E-state index contributed by atoms with van der Waals surface area (Å²) in [5.74, 6) is 0.0348. The Bertz CT molecular complexity index is 1280. The Kier molecular flexibility index (Phi) is 7.40. The van der Waals surface area contributed by atoms with Gasteiger partial charge in [0, 0.05) is 37.3 Å². The van der Waals surface area contributed by atoms with Crippen molar-refractivity contribution in [2.45, 2.75) is 26.3 Å². The Morgan fingerprint density at radius 2 is 1.44 bits per heavy atom. The molecule has 0 spiro atoms. The molecular weight excluding hydrogens is 444 g/mol. The molecule has 1 aliphatic heterocycles. The zero-order valence-corrected chi connectivity index (χ0v) is 21.2. The topological polar surface area (TPSA) is 48.5 Å². The Hall–Kier alpha value is -3.54. The Labute approximate surface area is 213 Å². The summed E-state index contributed by atoms with van der Waals surface area (Å²) in [6, 6.07) is 29.7. The van der Waals surface area contributed by atoms with Crippen LogP contribution in [0.2, 0.25) is 0 Å². The number of nitrogens with zero attached hydrogens (tertiary/aromatic N) is 3. The van der Waals surface area contributed by atoms with Crippen molar-refractivity contribution < 1.29 is 4.79 Å². The zero-order valence-electron chi connectivity index (χ0n) is 21.2. The predicted molar refractivity (Wildman–Crippen MR) is 147 cm³/mol. The van der Waals surface area contributed by atoms with Gasteiger partial charge in [0.05, 0.1) is 23.8 Å². The fourth-order valence-corrected chi connectivity index (χ4v) is 5.31. The lowest BCUT2D eigenvalue weighted by molar-refractivity contribution is -0.117. The maximum Gasteiger partial charge on any atom is 0.238 e. The molecule has 1 aromatic heterocycles. The van der Waals surface area contributed by atoms with Gasteiger partial charge in [0.15, 0.2) is 0 Å². The van der Waals surface area contributed by atoms with E-state index >= 15 is 0 Å². The van der Waals surface area contributed by atoms with Gasteiger partial charge in [-0.15, -0.1) is 0 Å². The third kappa shape index (κ3) is 5.18. The number of piperazine rings is 1. The average molecular weight is 479 g/mol. The predicted octanol–water partition coefficient (Wildman–Crippen LogP) is 5.45. The lowest BCUT2D eigenvalue weighted by atomic mass is 9.96. The molecule has 2 heterocycles. The van der Waals surface area contributed by atoms with Crippen LogP contribution < -0.4 is 5.32 Å². The second kappa shape index (κ2) is 11.0. The third-order valence-electron chi connectivity index (χ3n) is 7.21. The molecule has 1 fully saturated rings. The van der Waals surface area contributed by atoms with Crippen LogP contribution in [-0.2, 0) is 11.2 Å². The molecule has 0 saturated carbocycles. The maximum absolute atomic E-state index is 13.1. The van der Waals surface area contributed by atoms with Crippen molar-refractivity contribution in [1.82, 2.24) is 14.8 Å². The quantitative estimate of drug-likeness (QED) is 0.384. The van der Waals surface area contributed by atoms with E-state index in [0.717, 1.165) is 60.4 Å². The highest BCUT2D eigenvalue weighted by atomic mass is 16.2. The number of hydrogen-bond acceptors (Lipinski definition) is 4. The van der Waals surface area contributed by atoms with Crippen molar-refractivity contribution in [3.63, 3.8) is 0 Å². The first kappa shape index (κ1) is 24.2. The first-order chi connectivity index (χ1) is 17.6. The molecule has 3 aromatic carbocycles. The van der Waals surface area contributed by atoms with Gasteiger partial charge in [0.25, 0.3) is 0 Å². The van der Waals surface area contributed by atoms with Gasteiger partial charge in [-0.05, 0) is 36.1 Å². The van der Waals surface area contributed by atoms with Gasteiger partial charge in [-0.3, -0.25) is 19.6 Å². The van der Waals surface area contributed by atoms with E-state index in [1.54, 1.807) is 0 Å². The number of aromatic nitrogens is 1. The monoisotopic (exact) mass is 478 g/mol. The smallest absolute Gasteiger partial charge is 0.238 e. The molecule has 1 saturated heterocycles. The van der Waals surface area contributed by atoms with Crippen LogP contribution in [0.3, 0.4) is 0 Å². The standard InChI is InChI=1S/C31H34N4O/c1-3-27-23(2)30(26-16-10-11-17-28(26)32-27)33-29(36)22-34-18-20-35(21-19-34)31(24-12-6-4-7-13-24)25-14-8-5-9-15-25/h4-17,31H,3,18-22H2,1-2H3,(H,32,33,36). The molecule has 5 nitrogen and oxygen atoms in total. The van der Waals surface area contributed by atoms with E-state index in [2.05, 4.69) is 89.6 Å². The number of amides is 1. The van der Waals surface area contributed by atoms with Crippen molar-refractivity contribution >= 4 is 22.5 Å². The normalized spacial score (nSPS) is 14.9. The van der Waals surface area contributed by atoms with E-state index in [4.69, 9.17) is 4.98 Å². The summed E-state index contributed by atoms with van der Waals surface area (Å²) < 4.78 is 0. The molecule has 4 aromatic rings. The summed E-state index contributed by atoms with van der Waals surface area (Å²) in [5.41, 5.74) is 6.53. The summed E-state index contributed by atoms with van der Waals surface area (Å²) >= 11 is 0. The number of carbonyl (C=O) groups is 1. The maximum atomic E-state index is 13.1. The molecule has 1 amide bonds. The number of rotatable bonds is 7. The number of nitrogens with one attached hydrogen (secondary N) is 1. The van der Waals surface area contributed by atoms with Crippen molar-refractivity contribution in [2.24, 2.45) is 0 Å². The number of hydrogen-bond donors (Lipinski definition) is 1. The molecule has 0 atom stereocenters. The van der Waals surface area contributed by atoms with Crippen LogP contribution in [0, 0.1) is 6.92 Å². The summed E-state index contributed by atoms with van der Waals surface area (Å²) in [4.78, 5) is 22.7. The molecule has 36 heavy (non-hydrogen) atoms. The molecule has 0 aliphatic carbocycles. The van der Waals surface area contributed by atoms with Gasteiger partial charge in [-0.2, -0.15) is 0 Å². The van der Waals surface area contributed by atoms with E-state index in [0.29, 0.717) is 6.54 Å². The zero-order chi connectivity index (χ0) is 24.9. The van der Waals surface area contributed by atoms with Gasteiger partial charge < -0.3 is 5.32 Å². The minimum absolute atomic E-state index is 0.0348. The Morgan fingerprint density at radius 1 is 0.861 bits per heavy atom. The Morgan fingerprint density at radius 3 is 2.06 bits per heavy atom. The number of benzene rings is 3. The highest BCUT2D eigenvalue weighted by Crippen LogP contribution is 2.30. The van der Waals surface area contributed by atoms with Gasteiger partial charge in [-0.25, -0.2) is 0 Å². The highest BCUT2D eigenvalue weighted by molar-refractivity contribution is 6.03. The van der Waals surface area contributed by atoms with Gasteiger partial charge >= 0.3 is 0 Å². The minimum atomic E-state index is 0.0348. The second-order valence-corrected chi connectivity index (χ2v) is 9.51. The first-order valence-corrected chi connectivity index (χ1v) is 12.9. The highest BCUT2D eigenvalue weighted by Gasteiger charge is 2.27. The van der Waals surface area contributed by atoms with Crippen LogP contribution >= 0.6 is 0 Å². The van der Waals surface area contributed by atoms with E-state index in [1.807, 2.05) is 24.3 Å². The summed E-state index contributed by atoms with van der Waals surface area (Å²) in [7, 11) is 0. The third-order valence-corrected chi connectivity index (χ3v) is 7.21. The fourth-order valence-electron chi connectivity index (χ4n) is 5.31. The second-order valence-electron chi connectivity index (χ2n) is 9.51. The number of fused-ring (bicyclic) bond motifs is 1. The van der Waals surface area contributed by atoms with Crippen LogP contribution in [-0.4, -0.2) is 53.4 Å². The van der Waals surface area contributed by atoms with E-state index in [1.165, 1.54) is 11.1 Å². The van der Waals surface area contributed by atoms with Crippen LogP contribution in [0.15, 0.2) is 84.9 Å². The molecule has 1 aliphatic rings. The number of aryl methyl sites for hydroxylation is 1. The first-order valence-electron chi connectivity index (χ1n) is 12.9. The SMILES string of the molecule is CCc1nc2ccccc2c(NC(=O)CN2CCN(C(c3ccccc3)c3ccccc3)CC2)c1C. The minimum Gasteiger partial charge on any atom is -0.324 e. The van der Waals surface area contributed by atoms with Gasteiger partial charge in [0.1, 0.15) is 0 Å². The lowest BCUT2D eigenvalue weighted by Crippen LogP contribution is -2.49. The Balaban J connectivity index is 1.27. The number of pyridine rings is 1. The molecule has 1 N–H and O–H groups in total. The van der Waals surface area contributed by atoms with Crippen molar-refractivity contribution in [2.75, 3.05) is 38.0 Å². The fraction of sp³-hybridized carbons (Fsp3) is 0.290. The van der Waals surface area contributed by atoms with Gasteiger partial charge in [-0.1, -0.05) is 85.8 Å². The molecule has 184 valence electrons. The van der Waals surface area contributed by atoms with Gasteiger partial charge in [0.2, 0.25) is 5.91 Å². The largest absolute Gasteiger partial charge is 0.324 e. The van der Waals surface area contributed by atoms with Crippen LogP contribution in [0.5, 0.6) is 0 Å². The molecule has 0 unspecified atom stereocenters. The van der Waals surface area contributed by atoms with E-state index in [9.17, 15) is 4.79 Å². The lowest BCUT2D eigenvalue weighted by Gasteiger charge is -2.39. The van der Waals surface area contributed by atoms with Crippen molar-refractivity contribution in [3.8, 4) is 0 Å². The number of carbonyl (C=O) groups excluding carboxylic acids is 1.